The quantitative estimate of drug-likeness (QED) is 0.581. The van der Waals surface area contributed by atoms with Crippen molar-refractivity contribution in [2.24, 2.45) is 17.3 Å². The largest absolute Gasteiger partial charge is 0.0654 e. The van der Waals surface area contributed by atoms with E-state index < -0.39 is 0 Å². The van der Waals surface area contributed by atoms with Crippen LogP contribution in [-0.4, -0.2) is 0 Å². The summed E-state index contributed by atoms with van der Waals surface area (Å²) >= 11 is 0. The van der Waals surface area contributed by atoms with Crippen LogP contribution >= 0.6 is 0 Å². The summed E-state index contributed by atoms with van der Waals surface area (Å²) in [5, 5.41) is 0. The second kappa shape index (κ2) is 3.05. The molecule has 3 unspecified atom stereocenters. The molecule has 0 amide bonds. The van der Waals surface area contributed by atoms with Crippen molar-refractivity contribution in [3.05, 3.63) is 0 Å². The van der Waals surface area contributed by atoms with Crippen molar-refractivity contribution in [3.8, 4) is 0 Å². The third kappa shape index (κ3) is 1.20. The molecule has 0 heterocycles. The van der Waals surface area contributed by atoms with Gasteiger partial charge in [0.25, 0.3) is 0 Å². The smallest absolute Gasteiger partial charge is 0.0241 e. The topological polar surface area (TPSA) is 0 Å². The van der Waals surface area contributed by atoms with E-state index in [1.807, 2.05) is 0 Å². The van der Waals surface area contributed by atoms with Crippen LogP contribution in [0.2, 0.25) is 0 Å². The molecule has 0 N–H and O–H groups in total. The van der Waals surface area contributed by atoms with Gasteiger partial charge in [-0.15, -0.1) is 0 Å². The Kier molecular flexibility index (Phi) is 2.18. The van der Waals surface area contributed by atoms with Crippen LogP contribution in [0, 0.1) is 17.3 Å². The van der Waals surface area contributed by atoms with E-state index in [4.69, 9.17) is 0 Å². The van der Waals surface area contributed by atoms with Crippen molar-refractivity contribution in [1.29, 1.82) is 0 Å². The summed E-state index contributed by atoms with van der Waals surface area (Å²) in [6.07, 6.45) is 10.6. The lowest BCUT2D eigenvalue weighted by molar-refractivity contribution is 0.275. The summed E-state index contributed by atoms with van der Waals surface area (Å²) in [5.41, 5.74) is 0.839. The first-order valence-corrected chi connectivity index (χ1v) is 5.79. The molecule has 2 rings (SSSR count). The van der Waals surface area contributed by atoms with E-state index in [0.717, 1.165) is 17.3 Å². The van der Waals surface area contributed by atoms with Crippen LogP contribution in [-0.2, 0) is 0 Å². The maximum absolute atomic E-state index is 2.50. The van der Waals surface area contributed by atoms with Crippen molar-refractivity contribution in [2.75, 3.05) is 0 Å². The molecule has 0 aromatic heterocycles. The van der Waals surface area contributed by atoms with E-state index >= 15 is 0 Å². The molecule has 0 bridgehead atoms. The molecule has 0 saturated heterocycles. The maximum atomic E-state index is 2.50. The van der Waals surface area contributed by atoms with Crippen LogP contribution in [0.15, 0.2) is 0 Å². The van der Waals surface area contributed by atoms with Gasteiger partial charge < -0.3 is 0 Å². The zero-order chi connectivity index (χ0) is 8.60. The molecule has 0 aromatic carbocycles. The van der Waals surface area contributed by atoms with Gasteiger partial charge in [-0.2, -0.15) is 0 Å². The van der Waals surface area contributed by atoms with Gasteiger partial charge >= 0.3 is 0 Å². The molecule has 0 radical (unpaired) electrons. The van der Waals surface area contributed by atoms with Gasteiger partial charge in [0.15, 0.2) is 0 Å². The molecule has 2 aliphatic carbocycles. The van der Waals surface area contributed by atoms with Crippen molar-refractivity contribution in [2.45, 2.75) is 58.8 Å². The normalized spacial score (nSPS) is 46.5. The van der Waals surface area contributed by atoms with Gasteiger partial charge in [-0.05, 0) is 36.5 Å². The number of rotatable bonds is 2. The van der Waals surface area contributed by atoms with Crippen LogP contribution < -0.4 is 0 Å². The SMILES string of the molecule is CCCC12CC1CCCCC2C. The molecule has 2 fully saturated rings. The van der Waals surface area contributed by atoms with E-state index in [1.165, 1.54) is 32.1 Å². The Balaban J connectivity index is 2.03. The lowest BCUT2D eigenvalue weighted by atomic mass is 9.83. The Labute approximate surface area is 76.7 Å². The van der Waals surface area contributed by atoms with Gasteiger partial charge in [0, 0.05) is 0 Å². The van der Waals surface area contributed by atoms with Crippen LogP contribution in [0.3, 0.4) is 0 Å². The van der Waals surface area contributed by atoms with Crippen molar-refractivity contribution < 1.29 is 0 Å². The van der Waals surface area contributed by atoms with Crippen LogP contribution in [0.1, 0.15) is 58.8 Å². The van der Waals surface area contributed by atoms with Crippen molar-refractivity contribution in [1.82, 2.24) is 0 Å². The summed E-state index contributed by atoms with van der Waals surface area (Å²) in [7, 11) is 0. The van der Waals surface area contributed by atoms with Crippen LogP contribution in [0.4, 0.5) is 0 Å². The zero-order valence-corrected chi connectivity index (χ0v) is 8.60. The fourth-order valence-corrected chi connectivity index (χ4v) is 3.54. The van der Waals surface area contributed by atoms with Crippen LogP contribution in [0.5, 0.6) is 0 Å². The van der Waals surface area contributed by atoms with Crippen LogP contribution in [0.25, 0.3) is 0 Å². The minimum Gasteiger partial charge on any atom is -0.0654 e. The number of hydrogen-bond acceptors (Lipinski definition) is 0. The average molecular weight is 166 g/mol. The van der Waals surface area contributed by atoms with E-state index in [2.05, 4.69) is 13.8 Å². The maximum Gasteiger partial charge on any atom is -0.0241 e. The van der Waals surface area contributed by atoms with Gasteiger partial charge in [0.2, 0.25) is 0 Å². The Morgan fingerprint density at radius 2 is 2.00 bits per heavy atom. The first-order valence-electron chi connectivity index (χ1n) is 5.79. The predicted molar refractivity (Wildman–Crippen MR) is 53.1 cm³/mol. The second-order valence-corrected chi connectivity index (χ2v) is 5.07. The van der Waals surface area contributed by atoms with Gasteiger partial charge in [0.1, 0.15) is 0 Å². The first kappa shape index (κ1) is 8.59. The molecule has 2 saturated carbocycles. The molecule has 3 atom stereocenters. The minimum atomic E-state index is 0.839. The van der Waals surface area contributed by atoms with E-state index in [0.29, 0.717) is 0 Å². The van der Waals surface area contributed by atoms with Crippen molar-refractivity contribution >= 4 is 0 Å². The summed E-state index contributed by atoms with van der Waals surface area (Å²) in [4.78, 5) is 0. The zero-order valence-electron chi connectivity index (χ0n) is 8.60. The highest BCUT2D eigenvalue weighted by atomic mass is 14.6. The molecule has 0 spiro atoms. The van der Waals surface area contributed by atoms with Gasteiger partial charge in [-0.1, -0.05) is 39.5 Å². The lowest BCUT2D eigenvalue weighted by Gasteiger charge is -2.22. The Hall–Kier alpha value is 0. The van der Waals surface area contributed by atoms with E-state index in [-0.39, 0.29) is 0 Å². The third-order valence-electron chi connectivity index (χ3n) is 4.42. The summed E-state index contributed by atoms with van der Waals surface area (Å²) < 4.78 is 0. The summed E-state index contributed by atoms with van der Waals surface area (Å²) in [5.74, 6) is 2.17. The van der Waals surface area contributed by atoms with E-state index in [9.17, 15) is 0 Å². The summed E-state index contributed by atoms with van der Waals surface area (Å²) in [6, 6.07) is 0. The molecule has 70 valence electrons. The highest BCUT2D eigenvalue weighted by Gasteiger charge is 2.55. The molecule has 0 heteroatoms. The van der Waals surface area contributed by atoms with Gasteiger partial charge in [-0.3, -0.25) is 0 Å². The third-order valence-corrected chi connectivity index (χ3v) is 4.42. The molecule has 12 heavy (non-hydrogen) atoms. The molecule has 0 aliphatic heterocycles. The minimum absolute atomic E-state index is 0.839. The standard InChI is InChI=1S/C12H22/c1-3-8-12-9-11(12)7-5-4-6-10(12)2/h10-11H,3-9H2,1-2H3. The predicted octanol–water partition coefficient (Wildman–Crippen LogP) is 4.00. The number of hydrogen-bond donors (Lipinski definition) is 0. The second-order valence-electron chi connectivity index (χ2n) is 5.07. The summed E-state index contributed by atoms with van der Waals surface area (Å²) in [6.45, 7) is 4.85. The highest BCUT2D eigenvalue weighted by molar-refractivity contribution is 5.05. The molecular weight excluding hydrogens is 144 g/mol. The number of fused-ring (bicyclic) bond motifs is 1. The van der Waals surface area contributed by atoms with Gasteiger partial charge in [0.05, 0.1) is 0 Å². The Morgan fingerprint density at radius 3 is 2.75 bits per heavy atom. The fourth-order valence-electron chi connectivity index (χ4n) is 3.54. The lowest BCUT2D eigenvalue weighted by Crippen LogP contribution is -2.13. The molecule has 0 aromatic rings. The van der Waals surface area contributed by atoms with Crippen molar-refractivity contribution in [3.63, 3.8) is 0 Å². The van der Waals surface area contributed by atoms with E-state index in [1.54, 1.807) is 12.8 Å². The highest BCUT2D eigenvalue weighted by Crippen LogP contribution is 2.65. The Bertz CT molecular complexity index is 161. The monoisotopic (exact) mass is 166 g/mol. The fraction of sp³-hybridized carbons (Fsp3) is 1.00. The average Bonchev–Trinajstić information content (AvgIpc) is 2.74. The molecule has 2 aliphatic rings. The molecular formula is C12H22. The van der Waals surface area contributed by atoms with Gasteiger partial charge in [-0.25, -0.2) is 0 Å². The first-order chi connectivity index (χ1) is 5.79. The Morgan fingerprint density at radius 1 is 1.25 bits per heavy atom. The molecule has 0 nitrogen and oxygen atoms in total.